The number of rotatable bonds is 7. The fourth-order valence-corrected chi connectivity index (χ4v) is 6.09. The Morgan fingerprint density at radius 3 is 2.62 bits per heavy atom. The van der Waals surface area contributed by atoms with Gasteiger partial charge in [0.15, 0.2) is 11.6 Å². The lowest BCUT2D eigenvalue weighted by atomic mass is 10.0. The molecule has 2 saturated carbocycles. The maximum Gasteiger partial charge on any atom is 0.387 e. The van der Waals surface area contributed by atoms with Gasteiger partial charge in [-0.3, -0.25) is 9.58 Å². The first-order valence-corrected chi connectivity index (χ1v) is 12.6. The third-order valence-electron chi connectivity index (χ3n) is 8.20. The molecule has 2 aliphatic carbocycles. The summed E-state index contributed by atoms with van der Waals surface area (Å²) in [4.78, 5) is 9.22. The molecule has 3 atom stereocenters. The van der Waals surface area contributed by atoms with Crippen molar-refractivity contribution in [1.82, 2.24) is 24.6 Å². The minimum atomic E-state index is -2.95. The lowest BCUT2D eigenvalue weighted by molar-refractivity contribution is -0.0494. The zero-order valence-corrected chi connectivity index (χ0v) is 20.3. The molecule has 3 fully saturated rings. The van der Waals surface area contributed by atoms with Gasteiger partial charge in [0.25, 0.3) is 0 Å². The number of anilines is 1. The highest BCUT2D eigenvalue weighted by molar-refractivity contribution is 5.64. The van der Waals surface area contributed by atoms with Crippen molar-refractivity contribution in [3.05, 3.63) is 24.0 Å². The van der Waals surface area contributed by atoms with Crippen molar-refractivity contribution in [2.75, 3.05) is 39.0 Å². The summed E-state index contributed by atoms with van der Waals surface area (Å²) in [5.74, 6) is 1.79. The van der Waals surface area contributed by atoms with Crippen LogP contribution in [0, 0.1) is 11.8 Å². The van der Waals surface area contributed by atoms with E-state index in [9.17, 15) is 8.78 Å². The number of likely N-dealkylation sites (N-methyl/N-ethyl adjacent to an activating group) is 1. The highest BCUT2D eigenvalue weighted by Crippen LogP contribution is 2.64. The Balaban J connectivity index is 1.35. The third-order valence-corrected chi connectivity index (χ3v) is 8.20. The van der Waals surface area contributed by atoms with Crippen LogP contribution in [-0.4, -0.2) is 70.4 Å². The summed E-state index contributed by atoms with van der Waals surface area (Å²) in [7, 11) is 2.22. The van der Waals surface area contributed by atoms with E-state index in [0.717, 1.165) is 18.7 Å². The quantitative estimate of drug-likeness (QED) is 0.648. The van der Waals surface area contributed by atoms with Crippen molar-refractivity contribution in [3.63, 3.8) is 0 Å². The molecule has 3 unspecified atom stereocenters. The molecule has 0 aromatic carbocycles. The highest BCUT2D eigenvalue weighted by atomic mass is 19.3. The predicted octanol–water partition coefficient (Wildman–Crippen LogP) is 4.23. The number of hydrogen-bond acceptors (Lipinski definition) is 6. The molecule has 3 heterocycles. The second kappa shape index (κ2) is 9.41. The van der Waals surface area contributed by atoms with Crippen LogP contribution in [0.5, 0.6) is 5.75 Å². The fraction of sp³-hybridized carbons (Fsp3) is 0.680. The lowest BCUT2D eigenvalue weighted by Gasteiger charge is -2.29. The number of halogens is 2. The second-order valence-electron chi connectivity index (χ2n) is 10.3. The molecular formula is C25H36F2N6O. The number of hydrogen-bond donors (Lipinski definition) is 1. The van der Waals surface area contributed by atoms with Gasteiger partial charge in [-0.25, -0.2) is 4.98 Å². The molecule has 0 spiro atoms. The van der Waals surface area contributed by atoms with Crippen LogP contribution in [0.4, 0.5) is 14.6 Å². The van der Waals surface area contributed by atoms with E-state index in [1.807, 2.05) is 0 Å². The molecule has 9 heteroatoms. The molecule has 7 nitrogen and oxygen atoms in total. The van der Waals surface area contributed by atoms with E-state index in [2.05, 4.69) is 51.2 Å². The maximum atomic E-state index is 12.8. The zero-order valence-electron chi connectivity index (χ0n) is 20.3. The van der Waals surface area contributed by atoms with Crippen LogP contribution in [0.25, 0.3) is 11.3 Å². The summed E-state index contributed by atoms with van der Waals surface area (Å²) in [6.45, 7) is 6.13. The number of pyridine rings is 1. The number of fused-ring (bicyclic) bond motifs is 1. The van der Waals surface area contributed by atoms with Gasteiger partial charge >= 0.3 is 6.61 Å². The molecule has 2 aromatic heterocycles. The Kier molecular flexibility index (Phi) is 6.50. The minimum Gasteiger partial charge on any atom is -0.431 e. The van der Waals surface area contributed by atoms with E-state index in [4.69, 9.17) is 10.8 Å². The van der Waals surface area contributed by atoms with Gasteiger partial charge in [-0.2, -0.15) is 13.9 Å². The number of alkyl halides is 2. The fourth-order valence-electron chi connectivity index (χ4n) is 6.09. The summed E-state index contributed by atoms with van der Waals surface area (Å²) < 4.78 is 32.3. The van der Waals surface area contributed by atoms with Gasteiger partial charge in [0.1, 0.15) is 0 Å². The van der Waals surface area contributed by atoms with Gasteiger partial charge in [0.2, 0.25) is 0 Å². The van der Waals surface area contributed by atoms with Gasteiger partial charge in [-0.15, -0.1) is 0 Å². The predicted molar refractivity (Wildman–Crippen MR) is 128 cm³/mol. The van der Waals surface area contributed by atoms with Crippen molar-refractivity contribution in [3.8, 4) is 17.0 Å². The standard InChI is InChI=1S/C25H36F2N6O/c1-4-15(2)33-21(13-20(30-33)16-10-22(34-25(26)27)24(28)29-14-16)23-18-11-17(12-19(18)23)32-7-5-6-31(3)8-9-32/h10,13-15,17-19,23,25H,4-9,11-12H2,1-3H3,(H2,28,29). The average molecular weight is 475 g/mol. The van der Waals surface area contributed by atoms with Crippen molar-refractivity contribution in [2.45, 2.75) is 64.1 Å². The van der Waals surface area contributed by atoms with E-state index in [0.29, 0.717) is 29.4 Å². The summed E-state index contributed by atoms with van der Waals surface area (Å²) in [5.41, 5.74) is 8.38. The van der Waals surface area contributed by atoms with E-state index in [1.165, 1.54) is 50.7 Å². The molecule has 5 rings (SSSR count). The van der Waals surface area contributed by atoms with Crippen LogP contribution in [0.2, 0.25) is 0 Å². The van der Waals surface area contributed by atoms with Gasteiger partial charge in [0, 0.05) is 48.5 Å². The topological polar surface area (TPSA) is 72.4 Å². The molecule has 0 amide bonds. The first-order chi connectivity index (χ1) is 16.4. The second-order valence-corrected chi connectivity index (χ2v) is 10.3. The summed E-state index contributed by atoms with van der Waals surface area (Å²) in [6, 6.07) is 4.61. The first-order valence-electron chi connectivity index (χ1n) is 12.6. The monoisotopic (exact) mass is 474 g/mol. The third kappa shape index (κ3) is 4.52. The number of nitrogens with two attached hydrogens (primary N) is 1. The summed E-state index contributed by atoms with van der Waals surface area (Å²) >= 11 is 0. The van der Waals surface area contributed by atoms with Crippen molar-refractivity contribution in [1.29, 1.82) is 0 Å². The Labute approximate surface area is 200 Å². The molecule has 186 valence electrons. The number of aromatic nitrogens is 3. The molecule has 1 saturated heterocycles. The van der Waals surface area contributed by atoms with Crippen LogP contribution in [-0.2, 0) is 0 Å². The van der Waals surface area contributed by atoms with Gasteiger partial charge < -0.3 is 15.4 Å². The normalized spacial score (nSPS) is 28.6. The van der Waals surface area contributed by atoms with E-state index in [1.54, 1.807) is 6.20 Å². The smallest absolute Gasteiger partial charge is 0.387 e. The molecule has 0 radical (unpaired) electrons. The van der Waals surface area contributed by atoms with E-state index < -0.39 is 6.61 Å². The molecule has 2 N–H and O–H groups in total. The summed E-state index contributed by atoms with van der Waals surface area (Å²) in [5, 5.41) is 4.90. The zero-order chi connectivity index (χ0) is 24.0. The van der Waals surface area contributed by atoms with Crippen LogP contribution < -0.4 is 10.5 Å². The largest absolute Gasteiger partial charge is 0.431 e. The highest BCUT2D eigenvalue weighted by Gasteiger charge is 2.58. The maximum absolute atomic E-state index is 12.8. The van der Waals surface area contributed by atoms with Gasteiger partial charge in [-0.05, 0) is 76.7 Å². The Morgan fingerprint density at radius 2 is 1.91 bits per heavy atom. The molecule has 0 bridgehead atoms. The van der Waals surface area contributed by atoms with Crippen LogP contribution in [0.3, 0.4) is 0 Å². The average Bonchev–Trinajstić information content (AvgIpc) is 3.14. The van der Waals surface area contributed by atoms with Crippen LogP contribution in [0.1, 0.15) is 57.2 Å². The van der Waals surface area contributed by atoms with Gasteiger partial charge in [-0.1, -0.05) is 6.92 Å². The Hall–Kier alpha value is -2.26. The van der Waals surface area contributed by atoms with E-state index in [-0.39, 0.29) is 17.6 Å². The van der Waals surface area contributed by atoms with Crippen LogP contribution in [0.15, 0.2) is 18.3 Å². The van der Waals surface area contributed by atoms with Crippen molar-refractivity contribution >= 4 is 5.82 Å². The molecular weight excluding hydrogens is 438 g/mol. The Bertz CT molecular complexity index is 1000. The number of nitrogen functional groups attached to an aromatic ring is 1. The number of nitrogens with zero attached hydrogens (tertiary/aromatic N) is 5. The lowest BCUT2D eigenvalue weighted by Crippen LogP contribution is -2.37. The molecule has 3 aliphatic rings. The van der Waals surface area contributed by atoms with Crippen molar-refractivity contribution in [2.24, 2.45) is 11.8 Å². The van der Waals surface area contributed by atoms with Gasteiger partial charge in [0.05, 0.1) is 5.69 Å². The summed E-state index contributed by atoms with van der Waals surface area (Å²) in [6.07, 6.45) is 6.33. The van der Waals surface area contributed by atoms with E-state index >= 15 is 0 Å². The Morgan fingerprint density at radius 1 is 1.15 bits per heavy atom. The molecule has 2 aromatic rings. The first kappa shape index (κ1) is 23.5. The van der Waals surface area contributed by atoms with Crippen LogP contribution >= 0.6 is 0 Å². The minimum absolute atomic E-state index is 0.0481. The van der Waals surface area contributed by atoms with Crippen molar-refractivity contribution < 1.29 is 13.5 Å². The number of ether oxygens (including phenoxy) is 1. The molecule has 34 heavy (non-hydrogen) atoms. The SMILES string of the molecule is CCC(C)n1nc(-c2cnc(N)c(OC(F)F)c2)cc1C1C2CC(N3CCCN(C)CC3)CC21. The molecule has 1 aliphatic heterocycles.